The van der Waals surface area contributed by atoms with Crippen molar-refractivity contribution >= 4 is 10.9 Å². The third-order valence-electron chi connectivity index (χ3n) is 5.50. The van der Waals surface area contributed by atoms with Crippen molar-refractivity contribution in [2.75, 3.05) is 13.1 Å². The molecule has 0 aliphatic carbocycles. The van der Waals surface area contributed by atoms with Crippen molar-refractivity contribution in [1.82, 2.24) is 9.88 Å². The van der Waals surface area contributed by atoms with Gasteiger partial charge in [-0.15, -0.1) is 0 Å². The second-order valence-corrected chi connectivity index (χ2v) is 6.67. The summed E-state index contributed by atoms with van der Waals surface area (Å²) in [6.07, 6.45) is 2.42. The molecule has 110 valence electrons. The van der Waals surface area contributed by atoms with E-state index in [1.807, 2.05) is 0 Å². The van der Waals surface area contributed by atoms with Crippen LogP contribution >= 0.6 is 0 Å². The van der Waals surface area contributed by atoms with Crippen LogP contribution in [0.1, 0.15) is 35.2 Å². The summed E-state index contributed by atoms with van der Waals surface area (Å²) >= 11 is 0. The second kappa shape index (κ2) is 4.72. The Labute approximate surface area is 130 Å². The lowest BCUT2D eigenvalue weighted by Crippen LogP contribution is -2.31. The summed E-state index contributed by atoms with van der Waals surface area (Å²) in [5.74, 6) is 0.670. The zero-order chi connectivity index (χ0) is 14.5. The molecule has 1 saturated heterocycles. The summed E-state index contributed by atoms with van der Waals surface area (Å²) in [5.41, 5.74) is 5.84. The van der Waals surface area contributed by atoms with E-state index in [4.69, 9.17) is 0 Å². The average molecular weight is 288 g/mol. The van der Waals surface area contributed by atoms with Gasteiger partial charge in [-0.2, -0.15) is 0 Å². The quantitative estimate of drug-likeness (QED) is 0.709. The summed E-state index contributed by atoms with van der Waals surface area (Å²) in [6, 6.07) is 20.4. The molecule has 2 aliphatic rings. The molecule has 2 unspecified atom stereocenters. The molecule has 1 fully saturated rings. The number of aromatic nitrogens is 1. The van der Waals surface area contributed by atoms with Gasteiger partial charge in [0.2, 0.25) is 0 Å². The molecule has 1 N–H and O–H groups in total. The van der Waals surface area contributed by atoms with E-state index in [9.17, 15) is 0 Å². The first-order valence-electron chi connectivity index (χ1n) is 8.28. The molecule has 5 rings (SSSR count). The van der Waals surface area contributed by atoms with E-state index in [2.05, 4.69) is 64.5 Å². The Morgan fingerprint density at radius 2 is 1.77 bits per heavy atom. The summed E-state index contributed by atoms with van der Waals surface area (Å²) < 4.78 is 0. The van der Waals surface area contributed by atoms with Crippen LogP contribution in [0.2, 0.25) is 0 Å². The van der Waals surface area contributed by atoms with E-state index in [1.54, 1.807) is 5.56 Å². The van der Waals surface area contributed by atoms with E-state index in [1.165, 1.54) is 48.1 Å². The van der Waals surface area contributed by atoms with E-state index in [0.717, 1.165) is 0 Å². The first kappa shape index (κ1) is 12.5. The number of aromatic amines is 1. The number of para-hydroxylation sites is 1. The number of benzene rings is 2. The minimum atomic E-state index is 0.571. The van der Waals surface area contributed by atoms with Crippen LogP contribution in [0.5, 0.6) is 0 Å². The number of rotatable bonds is 1. The summed E-state index contributed by atoms with van der Waals surface area (Å²) in [6.45, 7) is 2.40. The minimum Gasteiger partial charge on any atom is -0.357 e. The van der Waals surface area contributed by atoms with Crippen molar-refractivity contribution < 1.29 is 0 Å². The number of hydrogen-bond donors (Lipinski definition) is 1. The molecular weight excluding hydrogens is 268 g/mol. The summed E-state index contributed by atoms with van der Waals surface area (Å²) in [5, 5.41) is 1.43. The monoisotopic (exact) mass is 288 g/mol. The lowest BCUT2D eigenvalue weighted by Gasteiger charge is -2.29. The normalized spacial score (nSPS) is 24.4. The van der Waals surface area contributed by atoms with Gasteiger partial charge in [0.15, 0.2) is 0 Å². The van der Waals surface area contributed by atoms with Gasteiger partial charge in [-0.1, -0.05) is 48.5 Å². The van der Waals surface area contributed by atoms with Crippen molar-refractivity contribution in [3.8, 4) is 0 Å². The van der Waals surface area contributed by atoms with Crippen molar-refractivity contribution in [2.45, 2.75) is 24.8 Å². The molecule has 0 bridgehead atoms. The number of hydrogen-bond acceptors (Lipinski definition) is 1. The van der Waals surface area contributed by atoms with Crippen LogP contribution in [0.25, 0.3) is 10.9 Å². The molecule has 2 atom stereocenters. The van der Waals surface area contributed by atoms with Crippen molar-refractivity contribution in [2.24, 2.45) is 0 Å². The van der Waals surface area contributed by atoms with Crippen LogP contribution < -0.4 is 0 Å². The highest BCUT2D eigenvalue weighted by molar-refractivity contribution is 5.85. The fourth-order valence-electron chi connectivity index (χ4n) is 4.45. The Hall–Kier alpha value is -2.06. The first-order valence-corrected chi connectivity index (χ1v) is 8.28. The van der Waals surface area contributed by atoms with Gasteiger partial charge in [-0.05, 0) is 36.0 Å². The van der Waals surface area contributed by atoms with Crippen LogP contribution in [0.4, 0.5) is 0 Å². The number of H-pyrrole nitrogens is 1. The zero-order valence-electron chi connectivity index (χ0n) is 12.6. The molecular formula is C20H20N2. The topological polar surface area (TPSA) is 19.0 Å². The predicted molar refractivity (Wildman–Crippen MR) is 90.1 cm³/mol. The Morgan fingerprint density at radius 1 is 0.955 bits per heavy atom. The molecule has 0 amide bonds. The summed E-state index contributed by atoms with van der Waals surface area (Å²) in [4.78, 5) is 6.39. The van der Waals surface area contributed by atoms with Gasteiger partial charge < -0.3 is 4.98 Å². The maximum absolute atomic E-state index is 3.72. The van der Waals surface area contributed by atoms with Crippen LogP contribution in [-0.4, -0.2) is 23.0 Å². The van der Waals surface area contributed by atoms with Crippen LogP contribution in [0.15, 0.2) is 54.6 Å². The molecule has 0 saturated carbocycles. The standard InChI is InChI=1S/C20H20N2/c1-2-6-14(7-3-1)15-12-19-20-17(10-11-22(19)13-15)16-8-4-5-9-18(16)21-20/h1-9,15,19,21H,10-13H2. The molecule has 3 aromatic rings. The molecule has 22 heavy (non-hydrogen) atoms. The maximum Gasteiger partial charge on any atom is 0.0508 e. The molecule has 2 heteroatoms. The smallest absolute Gasteiger partial charge is 0.0508 e. The molecule has 0 radical (unpaired) electrons. The van der Waals surface area contributed by atoms with E-state index < -0.39 is 0 Å². The third kappa shape index (κ3) is 1.77. The molecule has 2 nitrogen and oxygen atoms in total. The maximum atomic E-state index is 3.72. The summed E-state index contributed by atoms with van der Waals surface area (Å²) in [7, 11) is 0. The molecule has 3 heterocycles. The Morgan fingerprint density at radius 3 is 2.68 bits per heavy atom. The number of fused-ring (bicyclic) bond motifs is 5. The largest absolute Gasteiger partial charge is 0.357 e. The van der Waals surface area contributed by atoms with Crippen molar-refractivity contribution in [3.05, 3.63) is 71.4 Å². The third-order valence-corrected chi connectivity index (χ3v) is 5.50. The fourth-order valence-corrected chi connectivity index (χ4v) is 4.45. The molecule has 2 aliphatic heterocycles. The average Bonchev–Trinajstić information content (AvgIpc) is 3.16. The molecule has 0 spiro atoms. The van der Waals surface area contributed by atoms with Crippen LogP contribution in [0.3, 0.4) is 0 Å². The predicted octanol–water partition coefficient (Wildman–Crippen LogP) is 4.25. The lowest BCUT2D eigenvalue weighted by atomic mass is 9.93. The highest BCUT2D eigenvalue weighted by atomic mass is 15.2. The van der Waals surface area contributed by atoms with Crippen LogP contribution in [0, 0.1) is 0 Å². The zero-order valence-corrected chi connectivity index (χ0v) is 12.6. The van der Waals surface area contributed by atoms with Crippen molar-refractivity contribution in [3.63, 3.8) is 0 Å². The van der Waals surface area contributed by atoms with E-state index >= 15 is 0 Å². The highest BCUT2D eigenvalue weighted by Gasteiger charge is 2.38. The van der Waals surface area contributed by atoms with Gasteiger partial charge in [-0.3, -0.25) is 4.90 Å². The fraction of sp³-hybridized carbons (Fsp3) is 0.300. The van der Waals surface area contributed by atoms with E-state index in [0.29, 0.717) is 12.0 Å². The Kier molecular flexibility index (Phi) is 2.68. The molecule has 2 aromatic carbocycles. The van der Waals surface area contributed by atoms with Gasteiger partial charge in [0.1, 0.15) is 0 Å². The second-order valence-electron chi connectivity index (χ2n) is 6.67. The molecule has 1 aromatic heterocycles. The SMILES string of the molecule is c1ccc(C2CC3c4[nH]c5ccccc5c4CCN3C2)cc1. The van der Waals surface area contributed by atoms with Gasteiger partial charge >= 0.3 is 0 Å². The minimum absolute atomic E-state index is 0.571. The first-order chi connectivity index (χ1) is 10.9. The number of nitrogens with one attached hydrogen (secondary N) is 1. The van der Waals surface area contributed by atoms with Gasteiger partial charge in [-0.25, -0.2) is 0 Å². The van der Waals surface area contributed by atoms with Crippen molar-refractivity contribution in [1.29, 1.82) is 0 Å². The highest BCUT2D eigenvalue weighted by Crippen LogP contribution is 2.45. The van der Waals surface area contributed by atoms with Gasteiger partial charge in [0, 0.05) is 29.7 Å². The van der Waals surface area contributed by atoms with Crippen LogP contribution in [-0.2, 0) is 6.42 Å². The van der Waals surface area contributed by atoms with Gasteiger partial charge in [0.25, 0.3) is 0 Å². The van der Waals surface area contributed by atoms with E-state index in [-0.39, 0.29) is 0 Å². The Bertz CT molecular complexity index is 818. The lowest BCUT2D eigenvalue weighted by molar-refractivity contribution is 0.240. The van der Waals surface area contributed by atoms with Gasteiger partial charge in [0.05, 0.1) is 6.04 Å². The Balaban J connectivity index is 1.55. The number of nitrogens with zero attached hydrogens (tertiary/aromatic N) is 1.